The van der Waals surface area contributed by atoms with E-state index in [0.29, 0.717) is 6.42 Å². The molecule has 28 heavy (non-hydrogen) atoms. The van der Waals surface area contributed by atoms with E-state index < -0.39 is 0 Å². The van der Waals surface area contributed by atoms with E-state index in [2.05, 4.69) is 57.2 Å². The maximum atomic E-state index is 10.8. The average Bonchev–Trinajstić information content (AvgIpc) is 2.62. The van der Waals surface area contributed by atoms with Crippen LogP contribution in [0.25, 0.3) is 0 Å². The van der Waals surface area contributed by atoms with Gasteiger partial charge in [0.15, 0.2) is 0 Å². The first-order valence-corrected chi connectivity index (χ1v) is 10.1. The number of benzene rings is 2. The third-order valence-corrected chi connectivity index (χ3v) is 4.58. The molecule has 0 heterocycles. The van der Waals surface area contributed by atoms with Gasteiger partial charge in [0, 0.05) is 11.8 Å². The molecule has 0 aliphatic heterocycles. The number of carbonyl (C=O) groups is 2. The van der Waals surface area contributed by atoms with Gasteiger partial charge in [-0.05, 0) is 55.9 Å². The third kappa shape index (κ3) is 11.5. The SMILES string of the molecule is CC(=O)C(C)(C)C.CCc1ccc(CC(C)=O)cc1.CCc1ccccc1C. The minimum atomic E-state index is -0.139. The number of carbonyl (C=O) groups excluding carboxylic acids is 2. The summed E-state index contributed by atoms with van der Waals surface area (Å²) >= 11 is 0. The Bertz CT molecular complexity index is 719. The Hall–Kier alpha value is -2.22. The fraction of sp³-hybridized carbons (Fsp3) is 0.462. The highest BCUT2D eigenvalue weighted by molar-refractivity contribution is 5.80. The minimum Gasteiger partial charge on any atom is -0.300 e. The van der Waals surface area contributed by atoms with Crippen molar-refractivity contribution >= 4 is 11.6 Å². The van der Waals surface area contributed by atoms with E-state index >= 15 is 0 Å². The maximum absolute atomic E-state index is 10.8. The highest BCUT2D eigenvalue weighted by atomic mass is 16.1. The second kappa shape index (κ2) is 13.0. The molecule has 2 rings (SSSR count). The molecule has 2 nitrogen and oxygen atoms in total. The van der Waals surface area contributed by atoms with Crippen LogP contribution >= 0.6 is 0 Å². The zero-order chi connectivity index (χ0) is 21.7. The molecular weight excluding hydrogens is 344 g/mol. The Kier molecular flexibility index (Phi) is 12.0. The average molecular weight is 383 g/mol. The van der Waals surface area contributed by atoms with Gasteiger partial charge in [-0.1, -0.05) is 83.1 Å². The lowest BCUT2D eigenvalue weighted by atomic mass is 9.92. The molecule has 0 amide bonds. The molecule has 0 fully saturated rings. The predicted octanol–water partition coefficient (Wildman–Crippen LogP) is 6.56. The van der Waals surface area contributed by atoms with Gasteiger partial charge in [-0.15, -0.1) is 0 Å². The second-order valence-electron chi connectivity index (χ2n) is 8.14. The predicted molar refractivity (Wildman–Crippen MR) is 121 cm³/mol. The van der Waals surface area contributed by atoms with Crippen molar-refractivity contribution in [3.8, 4) is 0 Å². The Labute approximate surface area is 172 Å². The molecule has 0 aliphatic rings. The second-order valence-corrected chi connectivity index (χ2v) is 8.14. The minimum absolute atomic E-state index is 0.139. The Morgan fingerprint density at radius 2 is 1.25 bits per heavy atom. The summed E-state index contributed by atoms with van der Waals surface area (Å²) in [7, 11) is 0. The number of hydrogen-bond acceptors (Lipinski definition) is 2. The summed E-state index contributed by atoms with van der Waals surface area (Å²) in [5.41, 5.74) is 5.15. The first-order valence-electron chi connectivity index (χ1n) is 10.1. The molecule has 0 saturated carbocycles. The zero-order valence-corrected chi connectivity index (χ0v) is 19.1. The molecule has 0 bridgehead atoms. The molecule has 0 saturated heterocycles. The summed E-state index contributed by atoms with van der Waals surface area (Å²) in [6, 6.07) is 16.7. The van der Waals surface area contributed by atoms with Gasteiger partial charge in [-0.3, -0.25) is 9.59 Å². The van der Waals surface area contributed by atoms with Gasteiger partial charge in [-0.25, -0.2) is 0 Å². The van der Waals surface area contributed by atoms with E-state index in [-0.39, 0.29) is 17.0 Å². The fourth-order valence-electron chi connectivity index (χ4n) is 2.19. The number of aryl methyl sites for hydroxylation is 3. The summed E-state index contributed by atoms with van der Waals surface area (Å²) in [4.78, 5) is 21.2. The lowest BCUT2D eigenvalue weighted by molar-refractivity contribution is -0.124. The highest BCUT2D eigenvalue weighted by Crippen LogP contribution is 2.12. The summed E-state index contributed by atoms with van der Waals surface area (Å²) in [6.45, 7) is 15.4. The van der Waals surface area contributed by atoms with Crippen LogP contribution in [0.15, 0.2) is 48.5 Å². The molecule has 0 aromatic heterocycles. The van der Waals surface area contributed by atoms with Crippen LogP contribution in [-0.4, -0.2) is 11.6 Å². The molecule has 2 aromatic carbocycles. The van der Waals surface area contributed by atoms with Crippen LogP contribution in [-0.2, 0) is 28.9 Å². The summed E-state index contributed by atoms with van der Waals surface area (Å²) in [5, 5.41) is 0. The van der Waals surface area contributed by atoms with Gasteiger partial charge in [0.25, 0.3) is 0 Å². The van der Waals surface area contributed by atoms with Crippen LogP contribution in [0.4, 0.5) is 0 Å². The largest absolute Gasteiger partial charge is 0.300 e. The van der Waals surface area contributed by atoms with E-state index in [1.807, 2.05) is 32.9 Å². The number of Topliss-reactive ketones (excluding diaryl/α,β-unsaturated/α-hetero) is 2. The molecular formula is C26H38O2. The Morgan fingerprint density at radius 1 is 0.786 bits per heavy atom. The van der Waals surface area contributed by atoms with Crippen molar-refractivity contribution in [3.63, 3.8) is 0 Å². The lowest BCUT2D eigenvalue weighted by Crippen LogP contribution is -2.15. The summed E-state index contributed by atoms with van der Waals surface area (Å²) in [6.07, 6.45) is 2.76. The normalized spacial score (nSPS) is 10.1. The van der Waals surface area contributed by atoms with Gasteiger partial charge in [0.05, 0.1) is 0 Å². The molecule has 2 heteroatoms. The Balaban J connectivity index is 0.000000408. The molecule has 0 N–H and O–H groups in total. The summed E-state index contributed by atoms with van der Waals surface area (Å²) < 4.78 is 0. The topological polar surface area (TPSA) is 34.1 Å². The van der Waals surface area contributed by atoms with E-state index in [0.717, 1.165) is 18.4 Å². The van der Waals surface area contributed by atoms with Crippen LogP contribution in [0, 0.1) is 12.3 Å². The van der Waals surface area contributed by atoms with E-state index in [1.165, 1.54) is 16.7 Å². The molecule has 154 valence electrons. The van der Waals surface area contributed by atoms with Gasteiger partial charge in [0.1, 0.15) is 11.6 Å². The van der Waals surface area contributed by atoms with Crippen LogP contribution in [0.5, 0.6) is 0 Å². The smallest absolute Gasteiger partial charge is 0.135 e. The fourth-order valence-corrected chi connectivity index (χ4v) is 2.19. The quantitative estimate of drug-likeness (QED) is 0.600. The van der Waals surface area contributed by atoms with Gasteiger partial charge >= 0.3 is 0 Å². The molecule has 2 aromatic rings. The van der Waals surface area contributed by atoms with Crippen LogP contribution in [0.1, 0.15) is 70.7 Å². The Morgan fingerprint density at radius 3 is 1.57 bits per heavy atom. The van der Waals surface area contributed by atoms with Gasteiger partial charge in [0.2, 0.25) is 0 Å². The molecule has 0 atom stereocenters. The summed E-state index contributed by atoms with van der Waals surface area (Å²) in [5.74, 6) is 0.465. The van der Waals surface area contributed by atoms with E-state index in [4.69, 9.17) is 0 Å². The van der Waals surface area contributed by atoms with Gasteiger partial charge in [-0.2, -0.15) is 0 Å². The lowest BCUT2D eigenvalue weighted by Gasteiger charge is -2.11. The van der Waals surface area contributed by atoms with Crippen molar-refractivity contribution < 1.29 is 9.59 Å². The number of ketones is 2. The van der Waals surface area contributed by atoms with E-state index in [1.54, 1.807) is 13.8 Å². The van der Waals surface area contributed by atoms with Crippen molar-refractivity contribution in [2.45, 2.75) is 74.7 Å². The molecule has 0 unspecified atom stereocenters. The van der Waals surface area contributed by atoms with Crippen LogP contribution < -0.4 is 0 Å². The van der Waals surface area contributed by atoms with Crippen molar-refractivity contribution in [2.24, 2.45) is 5.41 Å². The maximum Gasteiger partial charge on any atom is 0.135 e. The molecule has 0 aliphatic carbocycles. The molecule has 0 radical (unpaired) electrons. The van der Waals surface area contributed by atoms with Crippen molar-refractivity contribution in [2.75, 3.05) is 0 Å². The number of rotatable bonds is 4. The number of hydrogen-bond donors (Lipinski definition) is 0. The van der Waals surface area contributed by atoms with Crippen LogP contribution in [0.2, 0.25) is 0 Å². The van der Waals surface area contributed by atoms with Crippen molar-refractivity contribution in [1.82, 2.24) is 0 Å². The standard InChI is InChI=1S/C11H14O.C9H12.C6H12O/c1-3-10-4-6-11(7-5-10)8-9(2)12;1-3-9-7-5-4-6-8(9)2;1-5(7)6(2,3)4/h4-7H,3,8H2,1-2H3;4-7H,3H2,1-2H3;1-4H3. The zero-order valence-electron chi connectivity index (χ0n) is 19.1. The first kappa shape index (κ1) is 25.8. The first-order chi connectivity index (χ1) is 13.0. The monoisotopic (exact) mass is 382 g/mol. The van der Waals surface area contributed by atoms with Crippen LogP contribution in [0.3, 0.4) is 0 Å². The third-order valence-electron chi connectivity index (χ3n) is 4.58. The van der Waals surface area contributed by atoms with Crippen molar-refractivity contribution in [3.05, 3.63) is 70.8 Å². The highest BCUT2D eigenvalue weighted by Gasteiger charge is 2.14. The van der Waals surface area contributed by atoms with E-state index in [9.17, 15) is 9.59 Å². The van der Waals surface area contributed by atoms with Crippen molar-refractivity contribution in [1.29, 1.82) is 0 Å². The van der Waals surface area contributed by atoms with Gasteiger partial charge < -0.3 is 0 Å². The molecule has 0 spiro atoms.